The van der Waals surface area contributed by atoms with E-state index in [-0.39, 0.29) is 23.0 Å². The number of hydrogen-bond acceptors (Lipinski definition) is 7. The topological polar surface area (TPSA) is 117 Å². The van der Waals surface area contributed by atoms with Crippen molar-refractivity contribution < 1.29 is 28.7 Å². The quantitative estimate of drug-likeness (QED) is 0.379. The molecule has 1 amide bonds. The first-order chi connectivity index (χ1) is 14.3. The third-order valence-electron chi connectivity index (χ3n) is 4.52. The molecule has 0 aliphatic carbocycles. The zero-order valence-electron chi connectivity index (χ0n) is 17.2. The molecule has 2 rings (SSSR count). The van der Waals surface area contributed by atoms with Crippen LogP contribution in [-0.2, 0) is 9.53 Å². The number of nitro groups is 1. The monoisotopic (exact) mass is 416 g/mol. The van der Waals surface area contributed by atoms with E-state index >= 15 is 0 Å². The van der Waals surface area contributed by atoms with E-state index in [9.17, 15) is 19.7 Å². The Labute approximate surface area is 174 Å². The number of carbonyl (C=O) groups is 2. The fourth-order valence-electron chi connectivity index (χ4n) is 2.76. The van der Waals surface area contributed by atoms with Crippen molar-refractivity contribution in [2.75, 3.05) is 20.8 Å². The van der Waals surface area contributed by atoms with Crippen molar-refractivity contribution in [3.05, 3.63) is 63.7 Å². The van der Waals surface area contributed by atoms with Gasteiger partial charge in [0.25, 0.3) is 11.6 Å². The fourth-order valence-corrected chi connectivity index (χ4v) is 2.76. The molecule has 160 valence electrons. The van der Waals surface area contributed by atoms with Crippen LogP contribution in [0.4, 0.5) is 5.69 Å². The summed E-state index contributed by atoms with van der Waals surface area (Å²) >= 11 is 0. The Hall–Kier alpha value is -3.62. The van der Waals surface area contributed by atoms with E-state index in [2.05, 4.69) is 5.32 Å². The van der Waals surface area contributed by atoms with Crippen LogP contribution >= 0.6 is 0 Å². The van der Waals surface area contributed by atoms with Gasteiger partial charge in [-0.05, 0) is 18.4 Å². The van der Waals surface area contributed by atoms with Crippen molar-refractivity contribution in [2.24, 2.45) is 0 Å². The lowest BCUT2D eigenvalue weighted by Crippen LogP contribution is -2.37. The third-order valence-corrected chi connectivity index (χ3v) is 4.52. The minimum absolute atomic E-state index is 0.0602. The molecule has 0 saturated heterocycles. The first-order valence-corrected chi connectivity index (χ1v) is 9.22. The number of rotatable bonds is 9. The summed E-state index contributed by atoms with van der Waals surface area (Å²) in [5.41, 5.74) is 0.210. The molecule has 9 heteroatoms. The molecule has 2 aromatic rings. The van der Waals surface area contributed by atoms with Gasteiger partial charge in [0, 0.05) is 12.6 Å². The van der Waals surface area contributed by atoms with Crippen LogP contribution in [0.1, 0.15) is 35.7 Å². The Kier molecular flexibility index (Phi) is 7.74. The van der Waals surface area contributed by atoms with E-state index in [1.165, 1.54) is 21.1 Å². The van der Waals surface area contributed by atoms with Gasteiger partial charge in [-0.15, -0.1) is 0 Å². The second-order valence-corrected chi connectivity index (χ2v) is 6.59. The highest BCUT2D eigenvalue weighted by Crippen LogP contribution is 2.35. The second kappa shape index (κ2) is 10.2. The fraction of sp³-hybridized carbons (Fsp3) is 0.333. The average Bonchev–Trinajstić information content (AvgIpc) is 2.76. The van der Waals surface area contributed by atoms with Crippen LogP contribution in [0, 0.1) is 10.1 Å². The molecule has 30 heavy (non-hydrogen) atoms. The lowest BCUT2D eigenvalue weighted by atomic mass is 10.0. The molecular formula is C21H24N2O7. The van der Waals surface area contributed by atoms with Gasteiger partial charge in [0.1, 0.15) is 5.56 Å². The van der Waals surface area contributed by atoms with Crippen LogP contribution in [-0.4, -0.2) is 43.7 Å². The van der Waals surface area contributed by atoms with E-state index in [0.717, 1.165) is 17.7 Å². The van der Waals surface area contributed by atoms with Gasteiger partial charge in [0.05, 0.1) is 25.2 Å². The van der Waals surface area contributed by atoms with Crippen molar-refractivity contribution in [1.29, 1.82) is 0 Å². The number of esters is 1. The number of nitrogens with zero attached hydrogens (tertiary/aromatic N) is 1. The van der Waals surface area contributed by atoms with Gasteiger partial charge in [-0.1, -0.05) is 37.3 Å². The molecule has 0 fully saturated rings. The number of hydrogen-bond donors (Lipinski definition) is 1. The molecule has 0 aromatic heterocycles. The number of benzene rings is 2. The molecule has 9 nitrogen and oxygen atoms in total. The maximum absolute atomic E-state index is 12.5. The van der Waals surface area contributed by atoms with Crippen molar-refractivity contribution in [3.8, 4) is 11.5 Å². The number of nitro benzene ring substituents is 1. The van der Waals surface area contributed by atoms with Crippen molar-refractivity contribution in [2.45, 2.75) is 25.9 Å². The Morgan fingerprint density at radius 1 is 1.07 bits per heavy atom. The van der Waals surface area contributed by atoms with Crippen molar-refractivity contribution >= 4 is 17.6 Å². The van der Waals surface area contributed by atoms with Gasteiger partial charge in [-0.3, -0.25) is 14.9 Å². The van der Waals surface area contributed by atoms with E-state index in [4.69, 9.17) is 14.2 Å². The molecule has 0 radical (unpaired) electrons. The minimum Gasteiger partial charge on any atom is -0.493 e. The second-order valence-electron chi connectivity index (χ2n) is 6.59. The van der Waals surface area contributed by atoms with Crippen LogP contribution in [0.5, 0.6) is 11.5 Å². The van der Waals surface area contributed by atoms with Gasteiger partial charge in [0.2, 0.25) is 0 Å². The molecule has 0 unspecified atom stereocenters. The smallest absolute Gasteiger partial charge is 0.346 e. The van der Waals surface area contributed by atoms with E-state index in [0.29, 0.717) is 6.54 Å². The highest BCUT2D eigenvalue weighted by Gasteiger charge is 2.28. The lowest BCUT2D eigenvalue weighted by Gasteiger charge is -2.17. The van der Waals surface area contributed by atoms with Gasteiger partial charge >= 0.3 is 5.97 Å². The number of amides is 1. The largest absolute Gasteiger partial charge is 0.493 e. The summed E-state index contributed by atoms with van der Waals surface area (Å²) in [5.74, 6) is -1.23. The summed E-state index contributed by atoms with van der Waals surface area (Å²) in [4.78, 5) is 35.4. The van der Waals surface area contributed by atoms with Crippen LogP contribution in [0.3, 0.4) is 0 Å². The highest BCUT2D eigenvalue weighted by atomic mass is 16.6. The summed E-state index contributed by atoms with van der Waals surface area (Å²) in [5, 5.41) is 14.1. The zero-order chi connectivity index (χ0) is 22.3. The summed E-state index contributed by atoms with van der Waals surface area (Å²) in [6, 6.07) is 11.9. The van der Waals surface area contributed by atoms with Crippen LogP contribution < -0.4 is 14.8 Å². The maximum Gasteiger partial charge on any atom is 0.346 e. The third kappa shape index (κ3) is 5.47. The van der Waals surface area contributed by atoms with Gasteiger partial charge in [-0.2, -0.15) is 0 Å². The number of methoxy groups -OCH3 is 2. The van der Waals surface area contributed by atoms with Gasteiger partial charge < -0.3 is 19.5 Å². The lowest BCUT2D eigenvalue weighted by molar-refractivity contribution is -0.385. The minimum atomic E-state index is -1.15. The average molecular weight is 416 g/mol. The summed E-state index contributed by atoms with van der Waals surface area (Å²) in [6.45, 7) is 3.70. The molecule has 0 bridgehead atoms. The van der Waals surface area contributed by atoms with Crippen LogP contribution in [0.25, 0.3) is 0 Å². The van der Waals surface area contributed by atoms with Gasteiger partial charge in [-0.25, -0.2) is 4.79 Å². The highest BCUT2D eigenvalue weighted by molar-refractivity contribution is 5.96. The van der Waals surface area contributed by atoms with E-state index < -0.39 is 28.6 Å². The molecule has 1 N–H and O–H groups in total. The molecule has 0 heterocycles. The predicted molar refractivity (Wildman–Crippen MR) is 109 cm³/mol. The van der Waals surface area contributed by atoms with Gasteiger partial charge in [0.15, 0.2) is 17.6 Å². The van der Waals surface area contributed by atoms with Crippen LogP contribution in [0.2, 0.25) is 0 Å². The SMILES string of the molecule is COc1cc(C(=O)O[C@@H](C)C(=O)NC[C@H](C)c2ccccc2)c([N+](=O)[O-])cc1OC. The summed E-state index contributed by atoms with van der Waals surface area (Å²) in [7, 11) is 2.66. The molecule has 0 spiro atoms. The molecule has 2 atom stereocenters. The van der Waals surface area contributed by atoms with Crippen molar-refractivity contribution in [1.82, 2.24) is 5.32 Å². The Morgan fingerprint density at radius 3 is 2.23 bits per heavy atom. The Morgan fingerprint density at radius 2 is 1.67 bits per heavy atom. The number of nitrogens with one attached hydrogen (secondary N) is 1. The molecule has 0 aliphatic rings. The molecule has 2 aromatic carbocycles. The number of carbonyl (C=O) groups excluding carboxylic acids is 2. The van der Waals surface area contributed by atoms with Crippen molar-refractivity contribution in [3.63, 3.8) is 0 Å². The first-order valence-electron chi connectivity index (χ1n) is 9.22. The molecule has 0 aliphatic heterocycles. The summed E-state index contributed by atoms with van der Waals surface area (Å²) < 4.78 is 15.3. The van der Waals surface area contributed by atoms with Crippen LogP contribution in [0.15, 0.2) is 42.5 Å². The number of ether oxygens (including phenoxy) is 3. The predicted octanol–water partition coefficient (Wildman–Crippen LogP) is 3.08. The zero-order valence-corrected chi connectivity index (χ0v) is 17.2. The van der Waals surface area contributed by atoms with E-state index in [1.807, 2.05) is 37.3 Å². The Bertz CT molecular complexity index is 915. The standard InChI is InChI=1S/C21H24N2O7/c1-13(15-8-6-5-7-9-15)12-22-20(24)14(2)30-21(25)16-10-18(28-3)19(29-4)11-17(16)23(26)27/h5-11,13-14H,12H2,1-4H3,(H,22,24)/t13-,14-/m0/s1. The first kappa shape index (κ1) is 22.7. The normalized spacial score (nSPS) is 12.4. The maximum atomic E-state index is 12.5. The summed E-state index contributed by atoms with van der Waals surface area (Å²) in [6.07, 6.45) is -1.15. The molecular weight excluding hydrogens is 392 g/mol. The molecule has 0 saturated carbocycles. The Balaban J connectivity index is 2.07. The van der Waals surface area contributed by atoms with E-state index in [1.54, 1.807) is 0 Å².